The van der Waals surface area contributed by atoms with Gasteiger partial charge in [-0.05, 0) is 31.4 Å². The fraction of sp³-hybridized carbons (Fsp3) is 0.438. The molecule has 1 aliphatic rings. The maximum atomic E-state index is 12.5. The molecule has 0 unspecified atom stereocenters. The van der Waals surface area contributed by atoms with E-state index in [1.165, 1.54) is 10.9 Å². The van der Waals surface area contributed by atoms with E-state index in [0.717, 1.165) is 5.56 Å². The average Bonchev–Trinajstić information content (AvgIpc) is 2.51. The first kappa shape index (κ1) is 14.7. The van der Waals surface area contributed by atoms with Crippen molar-refractivity contribution in [3.8, 4) is 0 Å². The van der Waals surface area contributed by atoms with Gasteiger partial charge in [0.05, 0.1) is 23.3 Å². The van der Waals surface area contributed by atoms with E-state index in [0.29, 0.717) is 36.8 Å². The number of carbonyl (C=O) groups is 1. The number of para-hydroxylation sites is 1. The number of hydrogen-bond donors (Lipinski definition) is 1. The van der Waals surface area contributed by atoms with Crippen molar-refractivity contribution in [2.45, 2.75) is 32.4 Å². The lowest BCUT2D eigenvalue weighted by atomic mass is 10.1. The number of amides is 1. The van der Waals surface area contributed by atoms with E-state index < -0.39 is 0 Å². The number of piperidine rings is 1. The first-order chi connectivity index (χ1) is 10.6. The van der Waals surface area contributed by atoms with Gasteiger partial charge in [0.25, 0.3) is 5.56 Å². The zero-order valence-electron chi connectivity index (χ0n) is 12.5. The highest BCUT2D eigenvalue weighted by Crippen LogP contribution is 2.12. The van der Waals surface area contributed by atoms with Crippen LogP contribution in [0.15, 0.2) is 29.3 Å². The number of aliphatic hydroxyl groups is 1. The monoisotopic (exact) mass is 301 g/mol. The smallest absolute Gasteiger partial charge is 0.261 e. The highest BCUT2D eigenvalue weighted by atomic mass is 16.3. The number of nitrogens with zero attached hydrogens (tertiary/aromatic N) is 3. The molecule has 1 saturated heterocycles. The lowest BCUT2D eigenvalue weighted by Crippen LogP contribution is -2.42. The molecule has 22 heavy (non-hydrogen) atoms. The molecule has 0 aliphatic carbocycles. The summed E-state index contributed by atoms with van der Waals surface area (Å²) in [5, 5.41) is 10.0. The van der Waals surface area contributed by atoms with Crippen LogP contribution in [0.4, 0.5) is 0 Å². The molecule has 1 N–H and O–H groups in total. The summed E-state index contributed by atoms with van der Waals surface area (Å²) in [5.74, 6) is -0.109. The minimum atomic E-state index is -0.322. The predicted molar refractivity (Wildman–Crippen MR) is 82.6 cm³/mol. The zero-order chi connectivity index (χ0) is 15.7. The van der Waals surface area contributed by atoms with Gasteiger partial charge in [-0.3, -0.25) is 14.2 Å². The van der Waals surface area contributed by atoms with E-state index >= 15 is 0 Å². The Kier molecular flexibility index (Phi) is 3.94. The van der Waals surface area contributed by atoms with Crippen molar-refractivity contribution in [2.24, 2.45) is 0 Å². The summed E-state index contributed by atoms with van der Waals surface area (Å²) in [7, 11) is 0. The highest BCUT2D eigenvalue weighted by molar-refractivity contribution is 5.81. The third-order valence-electron chi connectivity index (χ3n) is 4.18. The van der Waals surface area contributed by atoms with Crippen molar-refractivity contribution in [3.05, 3.63) is 40.4 Å². The summed E-state index contributed by atoms with van der Waals surface area (Å²) in [5.41, 5.74) is 1.43. The molecule has 0 bridgehead atoms. The Morgan fingerprint density at radius 1 is 1.36 bits per heavy atom. The second kappa shape index (κ2) is 5.88. The summed E-state index contributed by atoms with van der Waals surface area (Å²) in [6.07, 6.45) is 2.30. The molecule has 3 rings (SSSR count). The van der Waals surface area contributed by atoms with E-state index in [4.69, 9.17) is 0 Å². The second-order valence-electron chi connectivity index (χ2n) is 5.76. The van der Waals surface area contributed by atoms with Crippen LogP contribution in [0.5, 0.6) is 0 Å². The van der Waals surface area contributed by atoms with Crippen LogP contribution in [-0.2, 0) is 11.3 Å². The van der Waals surface area contributed by atoms with E-state index in [1.807, 2.05) is 19.1 Å². The van der Waals surface area contributed by atoms with Crippen LogP contribution in [-0.4, -0.2) is 44.7 Å². The van der Waals surface area contributed by atoms with Crippen molar-refractivity contribution in [1.29, 1.82) is 0 Å². The molecule has 2 aromatic rings. The summed E-state index contributed by atoms with van der Waals surface area (Å²) in [6, 6.07) is 5.46. The van der Waals surface area contributed by atoms with Gasteiger partial charge in [-0.2, -0.15) is 0 Å². The first-order valence-electron chi connectivity index (χ1n) is 7.47. The zero-order valence-corrected chi connectivity index (χ0v) is 12.5. The minimum absolute atomic E-state index is 0.00812. The van der Waals surface area contributed by atoms with Gasteiger partial charge in [-0.15, -0.1) is 0 Å². The van der Waals surface area contributed by atoms with Gasteiger partial charge in [0, 0.05) is 13.1 Å². The molecule has 0 saturated carbocycles. The summed E-state index contributed by atoms with van der Waals surface area (Å²) < 4.78 is 1.36. The molecule has 116 valence electrons. The van der Waals surface area contributed by atoms with Crippen LogP contribution in [0.1, 0.15) is 18.4 Å². The third kappa shape index (κ3) is 2.74. The summed E-state index contributed by atoms with van der Waals surface area (Å²) >= 11 is 0. The number of carbonyl (C=O) groups excluding carboxylic acids is 1. The van der Waals surface area contributed by atoms with Gasteiger partial charge in [-0.25, -0.2) is 4.98 Å². The molecule has 1 fully saturated rings. The Morgan fingerprint density at radius 2 is 2.09 bits per heavy atom. The first-order valence-corrected chi connectivity index (χ1v) is 7.47. The second-order valence-corrected chi connectivity index (χ2v) is 5.76. The maximum Gasteiger partial charge on any atom is 0.261 e. The van der Waals surface area contributed by atoms with E-state index in [2.05, 4.69) is 4.98 Å². The number of aliphatic hydroxyl groups excluding tert-OH is 1. The average molecular weight is 301 g/mol. The van der Waals surface area contributed by atoms with Gasteiger partial charge in [0.2, 0.25) is 5.91 Å². The Balaban J connectivity index is 1.84. The topological polar surface area (TPSA) is 75.4 Å². The van der Waals surface area contributed by atoms with Crippen molar-refractivity contribution in [3.63, 3.8) is 0 Å². The van der Waals surface area contributed by atoms with E-state index in [-0.39, 0.29) is 24.1 Å². The number of hydrogen-bond acceptors (Lipinski definition) is 4. The maximum absolute atomic E-state index is 12.5. The van der Waals surface area contributed by atoms with Crippen LogP contribution >= 0.6 is 0 Å². The number of aromatic nitrogens is 2. The molecule has 1 aliphatic heterocycles. The van der Waals surface area contributed by atoms with Crippen molar-refractivity contribution in [2.75, 3.05) is 13.1 Å². The van der Waals surface area contributed by atoms with Gasteiger partial charge in [-0.1, -0.05) is 12.1 Å². The molecule has 0 radical (unpaired) electrons. The Hall–Kier alpha value is -2.21. The van der Waals surface area contributed by atoms with Crippen molar-refractivity contribution >= 4 is 16.8 Å². The van der Waals surface area contributed by atoms with Gasteiger partial charge in [0.1, 0.15) is 6.54 Å². The normalized spacial score (nSPS) is 16.2. The molecule has 6 heteroatoms. The quantitative estimate of drug-likeness (QED) is 0.885. The van der Waals surface area contributed by atoms with E-state index in [9.17, 15) is 14.7 Å². The standard InChI is InChI=1S/C16H19N3O3/c1-11-3-2-4-13-15(11)17-10-19(16(13)22)9-14(21)18-7-5-12(20)6-8-18/h2-4,10,12,20H,5-9H2,1H3. The number of aryl methyl sites for hydroxylation is 1. The lowest BCUT2D eigenvalue weighted by molar-refractivity contribution is -0.133. The van der Waals surface area contributed by atoms with Crippen molar-refractivity contribution in [1.82, 2.24) is 14.5 Å². The number of rotatable bonds is 2. The number of fused-ring (bicyclic) bond motifs is 1. The highest BCUT2D eigenvalue weighted by Gasteiger charge is 2.21. The lowest BCUT2D eigenvalue weighted by Gasteiger charge is -2.29. The largest absolute Gasteiger partial charge is 0.393 e. The molecule has 2 heterocycles. The van der Waals surface area contributed by atoms with E-state index in [1.54, 1.807) is 11.0 Å². The molecule has 0 atom stereocenters. The molecular formula is C16H19N3O3. The van der Waals surface area contributed by atoms with Gasteiger partial charge in [0.15, 0.2) is 0 Å². The molecule has 1 aromatic carbocycles. The Bertz CT molecular complexity index is 761. The summed E-state index contributed by atoms with van der Waals surface area (Å²) in [6.45, 7) is 2.97. The summed E-state index contributed by atoms with van der Waals surface area (Å²) in [4.78, 5) is 30.7. The van der Waals surface area contributed by atoms with Crippen LogP contribution < -0.4 is 5.56 Å². The fourth-order valence-electron chi connectivity index (χ4n) is 2.81. The third-order valence-corrected chi connectivity index (χ3v) is 4.18. The Morgan fingerprint density at radius 3 is 2.82 bits per heavy atom. The van der Waals surface area contributed by atoms with Gasteiger partial charge < -0.3 is 10.0 Å². The number of likely N-dealkylation sites (tertiary alicyclic amines) is 1. The Labute approximate surface area is 128 Å². The molecule has 1 aromatic heterocycles. The van der Waals surface area contributed by atoms with Crippen LogP contribution in [0, 0.1) is 6.92 Å². The van der Waals surface area contributed by atoms with Crippen LogP contribution in [0.25, 0.3) is 10.9 Å². The molecular weight excluding hydrogens is 282 g/mol. The molecule has 0 spiro atoms. The minimum Gasteiger partial charge on any atom is -0.393 e. The predicted octanol–water partition coefficient (Wildman–Crippen LogP) is 0.688. The number of benzene rings is 1. The molecule has 1 amide bonds. The fourth-order valence-corrected chi connectivity index (χ4v) is 2.81. The SMILES string of the molecule is Cc1cccc2c(=O)n(CC(=O)N3CCC(O)CC3)cnc12. The van der Waals surface area contributed by atoms with Crippen molar-refractivity contribution < 1.29 is 9.90 Å². The molecule has 6 nitrogen and oxygen atoms in total. The van der Waals surface area contributed by atoms with Gasteiger partial charge >= 0.3 is 0 Å². The van der Waals surface area contributed by atoms with Crippen LogP contribution in [0.2, 0.25) is 0 Å². The van der Waals surface area contributed by atoms with Crippen LogP contribution in [0.3, 0.4) is 0 Å².